The predicted molar refractivity (Wildman–Crippen MR) is 67.3 cm³/mol. The van der Waals surface area contributed by atoms with Crippen molar-refractivity contribution in [3.63, 3.8) is 0 Å². The van der Waals surface area contributed by atoms with E-state index in [0.717, 1.165) is 15.3 Å². The number of pyridine rings is 1. The van der Waals surface area contributed by atoms with Gasteiger partial charge in [0.25, 0.3) is 0 Å². The standard InChI is InChI=1S/C10H13BrClNS/c1-7(5-12)6-14-10-9(11)8(2)3-4-13-10/h3-4,7H,5-6H2,1-2H3. The summed E-state index contributed by atoms with van der Waals surface area (Å²) in [7, 11) is 0. The molecule has 14 heavy (non-hydrogen) atoms. The van der Waals surface area contributed by atoms with Crippen LogP contribution in [0.15, 0.2) is 21.8 Å². The van der Waals surface area contributed by atoms with Crippen LogP contribution in [0.3, 0.4) is 0 Å². The molecule has 1 unspecified atom stereocenters. The summed E-state index contributed by atoms with van der Waals surface area (Å²) in [6, 6.07) is 2.00. The fourth-order valence-electron chi connectivity index (χ4n) is 0.882. The number of alkyl halides is 1. The molecule has 0 spiro atoms. The zero-order valence-corrected chi connectivity index (χ0v) is 11.4. The van der Waals surface area contributed by atoms with Gasteiger partial charge in [0, 0.05) is 17.8 Å². The highest BCUT2D eigenvalue weighted by atomic mass is 79.9. The van der Waals surface area contributed by atoms with Gasteiger partial charge in [0.2, 0.25) is 0 Å². The van der Waals surface area contributed by atoms with Crippen LogP contribution in [0.25, 0.3) is 0 Å². The van der Waals surface area contributed by atoms with E-state index in [9.17, 15) is 0 Å². The molecule has 1 rings (SSSR count). The molecule has 1 aromatic heterocycles. The lowest BCUT2D eigenvalue weighted by Gasteiger charge is -2.08. The quantitative estimate of drug-likeness (QED) is 0.612. The number of hydrogen-bond donors (Lipinski definition) is 0. The van der Waals surface area contributed by atoms with Gasteiger partial charge in [-0.1, -0.05) is 6.92 Å². The Hall–Kier alpha value is 0.270. The van der Waals surface area contributed by atoms with Crippen LogP contribution in [0, 0.1) is 12.8 Å². The number of hydrogen-bond acceptors (Lipinski definition) is 2. The highest BCUT2D eigenvalue weighted by Crippen LogP contribution is 2.29. The number of thioether (sulfide) groups is 1. The zero-order chi connectivity index (χ0) is 10.6. The van der Waals surface area contributed by atoms with Crippen molar-refractivity contribution in [2.24, 2.45) is 5.92 Å². The first kappa shape index (κ1) is 12.3. The molecule has 0 aliphatic rings. The molecule has 1 atom stereocenters. The van der Waals surface area contributed by atoms with Crippen molar-refractivity contribution >= 4 is 39.3 Å². The van der Waals surface area contributed by atoms with Gasteiger partial charge >= 0.3 is 0 Å². The molecule has 0 amide bonds. The molecule has 0 aromatic carbocycles. The maximum absolute atomic E-state index is 5.74. The minimum absolute atomic E-state index is 0.524. The molecule has 0 saturated heterocycles. The predicted octanol–water partition coefficient (Wildman–Crippen LogP) is 4.12. The molecule has 4 heteroatoms. The Morgan fingerprint density at radius 1 is 1.64 bits per heavy atom. The third kappa shape index (κ3) is 3.44. The van der Waals surface area contributed by atoms with Crippen LogP contribution in [0.1, 0.15) is 12.5 Å². The minimum atomic E-state index is 0.524. The summed E-state index contributed by atoms with van der Waals surface area (Å²) < 4.78 is 1.10. The third-order valence-electron chi connectivity index (χ3n) is 1.82. The summed E-state index contributed by atoms with van der Waals surface area (Å²) in [6.07, 6.45) is 1.84. The van der Waals surface area contributed by atoms with E-state index in [1.165, 1.54) is 5.56 Å². The van der Waals surface area contributed by atoms with E-state index in [-0.39, 0.29) is 0 Å². The van der Waals surface area contributed by atoms with Gasteiger partial charge in [-0.05, 0) is 40.4 Å². The SMILES string of the molecule is Cc1ccnc(SCC(C)CCl)c1Br. The van der Waals surface area contributed by atoms with E-state index < -0.39 is 0 Å². The largest absolute Gasteiger partial charge is 0.249 e. The number of rotatable bonds is 4. The van der Waals surface area contributed by atoms with Crippen molar-refractivity contribution in [3.05, 3.63) is 22.3 Å². The lowest BCUT2D eigenvalue weighted by molar-refractivity contribution is 0.758. The topological polar surface area (TPSA) is 12.9 Å². The minimum Gasteiger partial charge on any atom is -0.249 e. The molecule has 0 fully saturated rings. The summed E-state index contributed by atoms with van der Waals surface area (Å²) in [6.45, 7) is 4.21. The summed E-state index contributed by atoms with van der Waals surface area (Å²) in [5.41, 5.74) is 1.22. The smallest absolute Gasteiger partial charge is 0.110 e. The number of aryl methyl sites for hydroxylation is 1. The first-order valence-corrected chi connectivity index (χ1v) is 6.76. The van der Waals surface area contributed by atoms with Crippen LogP contribution in [-0.2, 0) is 0 Å². The van der Waals surface area contributed by atoms with Crippen LogP contribution in [0.5, 0.6) is 0 Å². The fraction of sp³-hybridized carbons (Fsp3) is 0.500. The second-order valence-corrected chi connectivity index (χ2v) is 5.43. The molecular formula is C10H13BrClNS. The van der Waals surface area contributed by atoms with Crippen LogP contribution in [-0.4, -0.2) is 16.6 Å². The van der Waals surface area contributed by atoms with Crippen LogP contribution in [0.4, 0.5) is 0 Å². The lowest BCUT2D eigenvalue weighted by Crippen LogP contribution is -1.99. The molecule has 0 aliphatic carbocycles. The number of halogens is 2. The van der Waals surface area contributed by atoms with Crippen molar-refractivity contribution < 1.29 is 0 Å². The Morgan fingerprint density at radius 2 is 2.36 bits per heavy atom. The molecular weight excluding hydrogens is 282 g/mol. The van der Waals surface area contributed by atoms with Crippen LogP contribution >= 0.6 is 39.3 Å². The summed E-state index contributed by atoms with van der Waals surface area (Å²) in [4.78, 5) is 4.32. The molecule has 0 aliphatic heterocycles. The maximum Gasteiger partial charge on any atom is 0.110 e. The Morgan fingerprint density at radius 3 is 3.00 bits per heavy atom. The summed E-state index contributed by atoms with van der Waals surface area (Å²) in [5.74, 6) is 2.24. The molecule has 1 aromatic rings. The van der Waals surface area contributed by atoms with E-state index in [1.807, 2.05) is 12.3 Å². The summed E-state index contributed by atoms with van der Waals surface area (Å²) in [5, 5.41) is 1.06. The van der Waals surface area contributed by atoms with Crippen LogP contribution < -0.4 is 0 Å². The Labute approximate surface area is 103 Å². The maximum atomic E-state index is 5.74. The van der Waals surface area contributed by atoms with E-state index in [0.29, 0.717) is 11.8 Å². The second-order valence-electron chi connectivity index (χ2n) is 3.32. The van der Waals surface area contributed by atoms with Crippen molar-refractivity contribution in [2.75, 3.05) is 11.6 Å². The Bertz CT molecular complexity index is 306. The average Bonchev–Trinajstić information content (AvgIpc) is 2.20. The Balaban J connectivity index is 2.63. The molecule has 0 saturated carbocycles. The lowest BCUT2D eigenvalue weighted by atomic mass is 10.3. The van der Waals surface area contributed by atoms with Gasteiger partial charge in [-0.3, -0.25) is 0 Å². The normalized spacial score (nSPS) is 12.9. The second kappa shape index (κ2) is 5.99. The number of nitrogens with zero attached hydrogens (tertiary/aromatic N) is 1. The van der Waals surface area contributed by atoms with E-state index >= 15 is 0 Å². The van der Waals surface area contributed by atoms with Crippen molar-refractivity contribution in [1.82, 2.24) is 4.98 Å². The van der Waals surface area contributed by atoms with Crippen molar-refractivity contribution in [2.45, 2.75) is 18.9 Å². The first-order chi connectivity index (χ1) is 6.65. The summed E-state index contributed by atoms with van der Waals surface area (Å²) >= 11 is 11.0. The third-order valence-corrected chi connectivity index (χ3v) is 4.93. The molecule has 1 nitrogen and oxygen atoms in total. The van der Waals surface area contributed by atoms with E-state index in [2.05, 4.69) is 34.8 Å². The zero-order valence-electron chi connectivity index (χ0n) is 8.26. The van der Waals surface area contributed by atoms with E-state index in [1.54, 1.807) is 11.8 Å². The highest BCUT2D eigenvalue weighted by molar-refractivity contribution is 9.10. The monoisotopic (exact) mass is 293 g/mol. The van der Waals surface area contributed by atoms with Crippen molar-refractivity contribution in [1.29, 1.82) is 0 Å². The number of aromatic nitrogens is 1. The first-order valence-electron chi connectivity index (χ1n) is 4.45. The van der Waals surface area contributed by atoms with Gasteiger partial charge in [0.15, 0.2) is 0 Å². The molecule has 78 valence electrons. The van der Waals surface area contributed by atoms with Gasteiger partial charge in [0.1, 0.15) is 5.03 Å². The van der Waals surface area contributed by atoms with Gasteiger partial charge in [-0.2, -0.15) is 0 Å². The fourth-order valence-corrected chi connectivity index (χ4v) is 2.68. The average molecular weight is 295 g/mol. The molecule has 0 N–H and O–H groups in total. The van der Waals surface area contributed by atoms with Crippen molar-refractivity contribution in [3.8, 4) is 0 Å². The molecule has 0 radical (unpaired) electrons. The van der Waals surface area contributed by atoms with Gasteiger partial charge < -0.3 is 0 Å². The Kier molecular flexibility index (Phi) is 5.28. The molecule has 0 bridgehead atoms. The highest BCUT2D eigenvalue weighted by Gasteiger charge is 2.07. The van der Waals surface area contributed by atoms with Gasteiger partial charge in [0.05, 0.1) is 4.47 Å². The van der Waals surface area contributed by atoms with Gasteiger partial charge in [-0.25, -0.2) is 4.98 Å². The van der Waals surface area contributed by atoms with Crippen LogP contribution in [0.2, 0.25) is 0 Å². The van der Waals surface area contributed by atoms with E-state index in [4.69, 9.17) is 11.6 Å². The van der Waals surface area contributed by atoms with Gasteiger partial charge in [-0.15, -0.1) is 23.4 Å². The molecule has 1 heterocycles.